The van der Waals surface area contributed by atoms with Gasteiger partial charge in [0.1, 0.15) is 6.10 Å². The minimum absolute atomic E-state index is 0.00868. The standard InChI is InChI=1S/C21H36N4O2/c1-17(16-25-12-8-5-9-13-25)14-23-21(22-3)24-15-18(2)27-20-11-7-6-10-19(20)26-4/h6-7,10-11,17-18H,5,8-9,12-16H2,1-4H3,(H2,22,23,24). The van der Waals surface area contributed by atoms with Crippen molar-refractivity contribution in [3.05, 3.63) is 24.3 Å². The predicted octanol–water partition coefficient (Wildman–Crippen LogP) is 2.75. The minimum Gasteiger partial charge on any atom is -0.493 e. The molecule has 2 unspecified atom stereocenters. The highest BCUT2D eigenvalue weighted by Gasteiger charge is 2.14. The summed E-state index contributed by atoms with van der Waals surface area (Å²) in [5.41, 5.74) is 0. The Bertz CT molecular complexity index is 573. The highest BCUT2D eigenvalue weighted by molar-refractivity contribution is 5.79. The lowest BCUT2D eigenvalue weighted by molar-refractivity contribution is 0.200. The lowest BCUT2D eigenvalue weighted by atomic mass is 10.1. The fourth-order valence-corrected chi connectivity index (χ4v) is 3.35. The maximum absolute atomic E-state index is 5.98. The van der Waals surface area contributed by atoms with E-state index in [1.807, 2.05) is 31.2 Å². The monoisotopic (exact) mass is 376 g/mol. The molecular weight excluding hydrogens is 340 g/mol. The second-order valence-electron chi connectivity index (χ2n) is 7.38. The molecule has 0 saturated carbocycles. The smallest absolute Gasteiger partial charge is 0.191 e. The number of hydrogen-bond acceptors (Lipinski definition) is 4. The van der Waals surface area contributed by atoms with Crippen LogP contribution in [0.5, 0.6) is 11.5 Å². The number of guanidine groups is 1. The largest absolute Gasteiger partial charge is 0.493 e. The van der Waals surface area contributed by atoms with Crippen LogP contribution in [0, 0.1) is 5.92 Å². The van der Waals surface area contributed by atoms with Gasteiger partial charge < -0.3 is 25.0 Å². The first-order valence-corrected chi connectivity index (χ1v) is 10.1. The minimum atomic E-state index is -0.00868. The maximum atomic E-state index is 5.98. The molecule has 2 atom stereocenters. The summed E-state index contributed by atoms with van der Waals surface area (Å²) in [4.78, 5) is 6.90. The van der Waals surface area contributed by atoms with Crippen LogP contribution < -0.4 is 20.1 Å². The topological polar surface area (TPSA) is 58.1 Å². The number of benzene rings is 1. The molecule has 2 rings (SSSR count). The molecule has 1 heterocycles. The average Bonchev–Trinajstić information content (AvgIpc) is 2.69. The van der Waals surface area contributed by atoms with E-state index in [-0.39, 0.29) is 6.10 Å². The molecule has 1 aromatic rings. The molecule has 0 spiro atoms. The Morgan fingerprint density at radius 2 is 1.74 bits per heavy atom. The number of rotatable bonds is 9. The summed E-state index contributed by atoms with van der Waals surface area (Å²) in [6.07, 6.45) is 4.06. The zero-order valence-corrected chi connectivity index (χ0v) is 17.3. The Morgan fingerprint density at radius 3 is 2.41 bits per heavy atom. The van der Waals surface area contributed by atoms with Crippen LogP contribution in [0.1, 0.15) is 33.1 Å². The molecule has 0 aliphatic carbocycles. The van der Waals surface area contributed by atoms with Crippen molar-refractivity contribution >= 4 is 5.96 Å². The molecule has 1 aliphatic heterocycles. The zero-order chi connectivity index (χ0) is 19.5. The molecule has 1 saturated heterocycles. The van der Waals surface area contributed by atoms with Crippen molar-refractivity contribution in [3.63, 3.8) is 0 Å². The number of hydrogen-bond donors (Lipinski definition) is 2. The fourth-order valence-electron chi connectivity index (χ4n) is 3.35. The molecule has 1 fully saturated rings. The number of aliphatic imine (C=N–C) groups is 1. The SMILES string of the molecule is CN=C(NCC(C)CN1CCCCC1)NCC(C)Oc1ccccc1OC. The van der Waals surface area contributed by atoms with Gasteiger partial charge in [-0.3, -0.25) is 4.99 Å². The number of likely N-dealkylation sites (tertiary alicyclic amines) is 1. The van der Waals surface area contributed by atoms with Gasteiger partial charge in [-0.25, -0.2) is 0 Å². The number of piperidine rings is 1. The summed E-state index contributed by atoms with van der Waals surface area (Å²) < 4.78 is 11.3. The molecule has 1 aliphatic rings. The van der Waals surface area contributed by atoms with Gasteiger partial charge in [0.05, 0.1) is 13.7 Å². The summed E-state index contributed by atoms with van der Waals surface area (Å²) in [6.45, 7) is 9.55. The number of ether oxygens (including phenoxy) is 2. The molecule has 0 radical (unpaired) electrons. The van der Waals surface area contributed by atoms with E-state index in [2.05, 4.69) is 27.4 Å². The summed E-state index contributed by atoms with van der Waals surface area (Å²) >= 11 is 0. The molecule has 0 aromatic heterocycles. The van der Waals surface area contributed by atoms with E-state index in [1.165, 1.54) is 32.4 Å². The Morgan fingerprint density at radius 1 is 1.07 bits per heavy atom. The molecule has 2 N–H and O–H groups in total. The Hall–Kier alpha value is -1.95. The third-order valence-electron chi connectivity index (χ3n) is 4.81. The van der Waals surface area contributed by atoms with E-state index < -0.39 is 0 Å². The molecular formula is C21H36N4O2. The maximum Gasteiger partial charge on any atom is 0.191 e. The van der Waals surface area contributed by atoms with Gasteiger partial charge in [-0.15, -0.1) is 0 Å². The van der Waals surface area contributed by atoms with Gasteiger partial charge in [0.25, 0.3) is 0 Å². The van der Waals surface area contributed by atoms with Crippen molar-refractivity contribution in [2.45, 2.75) is 39.2 Å². The number of para-hydroxylation sites is 2. The van der Waals surface area contributed by atoms with Crippen molar-refractivity contribution in [2.24, 2.45) is 10.9 Å². The summed E-state index contributed by atoms with van der Waals surface area (Å²) in [5.74, 6) is 2.91. The van der Waals surface area contributed by atoms with Crippen molar-refractivity contribution < 1.29 is 9.47 Å². The van der Waals surface area contributed by atoms with E-state index in [9.17, 15) is 0 Å². The summed E-state index contributed by atoms with van der Waals surface area (Å²) in [5, 5.41) is 6.78. The molecule has 0 bridgehead atoms. The molecule has 6 heteroatoms. The van der Waals surface area contributed by atoms with Crippen LogP contribution in [0.3, 0.4) is 0 Å². The highest BCUT2D eigenvalue weighted by Crippen LogP contribution is 2.26. The molecule has 27 heavy (non-hydrogen) atoms. The first-order chi connectivity index (χ1) is 13.1. The molecule has 1 aromatic carbocycles. The van der Waals surface area contributed by atoms with Crippen molar-refractivity contribution in [1.29, 1.82) is 0 Å². The van der Waals surface area contributed by atoms with Crippen molar-refractivity contribution in [1.82, 2.24) is 15.5 Å². The van der Waals surface area contributed by atoms with Gasteiger partial charge in [0, 0.05) is 20.1 Å². The summed E-state index contributed by atoms with van der Waals surface area (Å²) in [6, 6.07) is 7.71. The van der Waals surface area contributed by atoms with E-state index in [1.54, 1.807) is 14.2 Å². The van der Waals surface area contributed by atoms with Gasteiger partial charge in [-0.2, -0.15) is 0 Å². The number of nitrogens with one attached hydrogen (secondary N) is 2. The highest BCUT2D eigenvalue weighted by atomic mass is 16.5. The fraction of sp³-hybridized carbons (Fsp3) is 0.667. The number of nitrogens with zero attached hydrogens (tertiary/aromatic N) is 2. The van der Waals surface area contributed by atoms with E-state index in [4.69, 9.17) is 9.47 Å². The van der Waals surface area contributed by atoms with Crippen LogP contribution in [0.15, 0.2) is 29.3 Å². The van der Waals surface area contributed by atoms with E-state index in [0.717, 1.165) is 30.5 Å². The van der Waals surface area contributed by atoms with Gasteiger partial charge in [-0.05, 0) is 50.9 Å². The third-order valence-corrected chi connectivity index (χ3v) is 4.81. The van der Waals surface area contributed by atoms with Crippen LogP contribution in [0.4, 0.5) is 0 Å². The van der Waals surface area contributed by atoms with Crippen molar-refractivity contribution in [3.8, 4) is 11.5 Å². The first kappa shape index (κ1) is 21.4. The van der Waals surface area contributed by atoms with Crippen LogP contribution in [-0.2, 0) is 0 Å². The molecule has 0 amide bonds. The third kappa shape index (κ3) is 7.67. The van der Waals surface area contributed by atoms with Gasteiger partial charge in [-0.1, -0.05) is 25.5 Å². The zero-order valence-electron chi connectivity index (χ0n) is 17.3. The lowest BCUT2D eigenvalue weighted by Gasteiger charge is -2.29. The second kappa shape index (κ2) is 11.7. The Kier molecular flexibility index (Phi) is 9.25. The van der Waals surface area contributed by atoms with E-state index in [0.29, 0.717) is 12.5 Å². The quantitative estimate of drug-likeness (QED) is 0.513. The van der Waals surface area contributed by atoms with Crippen LogP contribution in [-0.4, -0.2) is 63.8 Å². The first-order valence-electron chi connectivity index (χ1n) is 10.1. The molecule has 152 valence electrons. The normalized spacial score (nSPS) is 17.9. The van der Waals surface area contributed by atoms with Crippen LogP contribution in [0.25, 0.3) is 0 Å². The second-order valence-corrected chi connectivity index (χ2v) is 7.38. The Balaban J connectivity index is 1.69. The summed E-state index contributed by atoms with van der Waals surface area (Å²) in [7, 11) is 3.46. The van der Waals surface area contributed by atoms with Crippen LogP contribution >= 0.6 is 0 Å². The van der Waals surface area contributed by atoms with Gasteiger partial charge >= 0.3 is 0 Å². The van der Waals surface area contributed by atoms with Crippen LogP contribution in [0.2, 0.25) is 0 Å². The molecule has 6 nitrogen and oxygen atoms in total. The van der Waals surface area contributed by atoms with E-state index >= 15 is 0 Å². The number of methoxy groups -OCH3 is 1. The van der Waals surface area contributed by atoms with Gasteiger partial charge in [0.2, 0.25) is 0 Å². The average molecular weight is 377 g/mol. The van der Waals surface area contributed by atoms with Crippen molar-refractivity contribution in [2.75, 3.05) is 46.9 Å². The van der Waals surface area contributed by atoms with Gasteiger partial charge in [0.15, 0.2) is 17.5 Å². The lowest BCUT2D eigenvalue weighted by Crippen LogP contribution is -2.44. The Labute approximate surface area is 164 Å². The predicted molar refractivity (Wildman–Crippen MR) is 112 cm³/mol.